The molecule has 0 aliphatic heterocycles. The molecular formula is C19H20N2O7S. The maximum Gasteiger partial charge on any atom is 0.408 e. The fourth-order valence-electron chi connectivity index (χ4n) is 2.24. The van der Waals surface area contributed by atoms with Crippen molar-refractivity contribution in [2.45, 2.75) is 18.4 Å². The van der Waals surface area contributed by atoms with Gasteiger partial charge in [-0.15, -0.1) is 0 Å². The van der Waals surface area contributed by atoms with Crippen molar-refractivity contribution in [3.63, 3.8) is 0 Å². The van der Waals surface area contributed by atoms with Crippen LogP contribution in [0.5, 0.6) is 5.75 Å². The van der Waals surface area contributed by atoms with Gasteiger partial charge in [0.1, 0.15) is 18.4 Å². The van der Waals surface area contributed by atoms with Gasteiger partial charge in [-0.25, -0.2) is 9.59 Å². The van der Waals surface area contributed by atoms with Crippen molar-refractivity contribution in [1.82, 2.24) is 5.32 Å². The number of nitrogens with one attached hydrogen (secondary N) is 1. The molecule has 154 valence electrons. The van der Waals surface area contributed by atoms with Crippen LogP contribution in [-0.2, 0) is 21.9 Å². The first-order valence-electron chi connectivity index (χ1n) is 8.49. The Labute approximate surface area is 171 Å². The second-order valence-corrected chi connectivity index (χ2v) is 6.93. The van der Waals surface area contributed by atoms with Crippen molar-refractivity contribution in [2.24, 2.45) is 0 Å². The van der Waals surface area contributed by atoms with E-state index in [0.717, 1.165) is 11.3 Å². The lowest BCUT2D eigenvalue weighted by molar-refractivity contribution is -0.384. The molecule has 29 heavy (non-hydrogen) atoms. The molecule has 0 aromatic heterocycles. The van der Waals surface area contributed by atoms with Gasteiger partial charge in [-0.05, 0) is 35.4 Å². The van der Waals surface area contributed by atoms with Crippen LogP contribution in [0.15, 0.2) is 48.5 Å². The molecule has 1 atom stereocenters. The van der Waals surface area contributed by atoms with Crippen LogP contribution in [0.4, 0.5) is 10.5 Å². The summed E-state index contributed by atoms with van der Waals surface area (Å²) in [5.74, 6) is 0.306. The van der Waals surface area contributed by atoms with Crippen LogP contribution in [0.25, 0.3) is 0 Å². The SMILES string of the molecule is COc1ccc(CSC[C@H](NC(=O)OCc2ccc([N+](=O)[O-])cc2)C(=O)O)cc1. The Bertz CT molecular complexity index is 841. The molecule has 0 spiro atoms. The number of carbonyl (C=O) groups is 2. The molecule has 0 heterocycles. The molecular weight excluding hydrogens is 400 g/mol. The summed E-state index contributed by atoms with van der Waals surface area (Å²) in [6.07, 6.45) is -0.874. The van der Waals surface area contributed by atoms with Gasteiger partial charge < -0.3 is 19.9 Å². The zero-order chi connectivity index (χ0) is 21.2. The monoisotopic (exact) mass is 420 g/mol. The highest BCUT2D eigenvalue weighted by molar-refractivity contribution is 7.98. The molecule has 0 aliphatic rings. The van der Waals surface area contributed by atoms with Crippen LogP contribution in [0, 0.1) is 10.1 Å². The van der Waals surface area contributed by atoms with E-state index in [1.165, 1.54) is 36.0 Å². The molecule has 0 aliphatic carbocycles. The molecule has 0 saturated carbocycles. The molecule has 2 aromatic carbocycles. The maximum absolute atomic E-state index is 11.9. The molecule has 2 aromatic rings. The highest BCUT2D eigenvalue weighted by Crippen LogP contribution is 2.17. The first-order chi connectivity index (χ1) is 13.9. The van der Waals surface area contributed by atoms with E-state index < -0.39 is 23.0 Å². The first-order valence-corrected chi connectivity index (χ1v) is 9.64. The summed E-state index contributed by atoms with van der Waals surface area (Å²) < 4.78 is 10.1. The van der Waals surface area contributed by atoms with Gasteiger partial charge in [0.25, 0.3) is 5.69 Å². The van der Waals surface area contributed by atoms with E-state index in [1.807, 2.05) is 24.3 Å². The number of nitro groups is 1. The minimum absolute atomic E-state index is 0.0713. The van der Waals surface area contributed by atoms with E-state index in [-0.39, 0.29) is 18.0 Å². The number of carboxylic acid groups (broad SMARTS) is 1. The third kappa shape index (κ3) is 7.34. The maximum atomic E-state index is 11.9. The van der Waals surface area contributed by atoms with Gasteiger partial charge in [0.2, 0.25) is 0 Å². The summed E-state index contributed by atoms with van der Waals surface area (Å²) in [7, 11) is 1.58. The normalized spacial score (nSPS) is 11.3. The van der Waals surface area contributed by atoms with Gasteiger partial charge >= 0.3 is 12.1 Å². The number of nitrogens with zero attached hydrogens (tertiary/aromatic N) is 1. The zero-order valence-corrected chi connectivity index (χ0v) is 16.4. The summed E-state index contributed by atoms with van der Waals surface area (Å²) in [5, 5.41) is 22.2. The minimum Gasteiger partial charge on any atom is -0.497 e. The number of hydrogen-bond acceptors (Lipinski definition) is 7. The Kier molecular flexibility index (Phi) is 8.28. The van der Waals surface area contributed by atoms with E-state index in [2.05, 4.69) is 5.32 Å². The van der Waals surface area contributed by atoms with Crippen LogP contribution in [0.3, 0.4) is 0 Å². The van der Waals surface area contributed by atoms with Crippen molar-refractivity contribution < 1.29 is 29.1 Å². The van der Waals surface area contributed by atoms with Crippen molar-refractivity contribution >= 4 is 29.5 Å². The number of carboxylic acids is 1. The molecule has 0 fully saturated rings. The fraction of sp³-hybridized carbons (Fsp3) is 0.263. The molecule has 9 nitrogen and oxygen atoms in total. The van der Waals surface area contributed by atoms with Crippen LogP contribution >= 0.6 is 11.8 Å². The van der Waals surface area contributed by atoms with E-state index in [9.17, 15) is 24.8 Å². The van der Waals surface area contributed by atoms with E-state index >= 15 is 0 Å². The predicted molar refractivity (Wildman–Crippen MR) is 107 cm³/mol. The number of hydrogen-bond donors (Lipinski definition) is 2. The largest absolute Gasteiger partial charge is 0.497 e. The Balaban J connectivity index is 1.78. The van der Waals surface area contributed by atoms with E-state index in [0.29, 0.717) is 11.3 Å². The number of benzene rings is 2. The number of aliphatic carboxylic acids is 1. The second kappa shape index (κ2) is 10.9. The number of nitro benzene ring substituents is 1. The van der Waals surface area contributed by atoms with Gasteiger partial charge in [0.15, 0.2) is 0 Å². The molecule has 0 saturated heterocycles. The molecule has 10 heteroatoms. The molecule has 2 rings (SSSR count). The Morgan fingerprint density at radius 3 is 2.31 bits per heavy atom. The second-order valence-electron chi connectivity index (χ2n) is 5.90. The number of amides is 1. The van der Waals surface area contributed by atoms with Crippen molar-refractivity contribution in [1.29, 1.82) is 0 Å². The minimum atomic E-state index is -1.17. The van der Waals surface area contributed by atoms with Gasteiger partial charge in [-0.3, -0.25) is 10.1 Å². The number of non-ortho nitro benzene ring substituents is 1. The third-order valence-corrected chi connectivity index (χ3v) is 4.93. The first kappa shape index (κ1) is 22.0. The fourth-order valence-corrected chi connectivity index (χ4v) is 3.25. The van der Waals surface area contributed by atoms with Crippen LogP contribution in [0.2, 0.25) is 0 Å². The van der Waals surface area contributed by atoms with Gasteiger partial charge in [0.05, 0.1) is 12.0 Å². The molecule has 0 bridgehead atoms. The van der Waals surface area contributed by atoms with Crippen LogP contribution in [-0.4, -0.2) is 41.0 Å². The number of rotatable bonds is 10. The predicted octanol–water partition coefficient (Wildman–Crippen LogP) is 3.22. The Morgan fingerprint density at radius 1 is 1.14 bits per heavy atom. The summed E-state index contributed by atoms with van der Waals surface area (Å²) in [5.41, 5.74) is 1.48. The van der Waals surface area contributed by atoms with Crippen molar-refractivity contribution in [3.8, 4) is 5.75 Å². The lowest BCUT2D eigenvalue weighted by Gasteiger charge is -2.14. The van der Waals surface area contributed by atoms with E-state index in [4.69, 9.17) is 9.47 Å². The van der Waals surface area contributed by atoms with Gasteiger partial charge in [-0.2, -0.15) is 11.8 Å². The number of carbonyl (C=O) groups excluding carboxylic acids is 1. The van der Waals surface area contributed by atoms with Crippen LogP contribution in [0.1, 0.15) is 11.1 Å². The van der Waals surface area contributed by atoms with Gasteiger partial charge in [-0.1, -0.05) is 12.1 Å². The third-order valence-electron chi connectivity index (χ3n) is 3.82. The average Bonchev–Trinajstić information content (AvgIpc) is 2.72. The van der Waals surface area contributed by atoms with Gasteiger partial charge in [0, 0.05) is 23.6 Å². The standard InChI is InChI=1S/C19H20N2O7S/c1-27-16-8-4-14(5-9-16)11-29-12-17(18(22)23)20-19(24)28-10-13-2-6-15(7-3-13)21(25)26/h2-9,17H,10-12H2,1H3,(H,20,24)(H,22,23)/t17-/m0/s1. The summed E-state index contributed by atoms with van der Waals surface area (Å²) in [6, 6.07) is 11.8. The van der Waals surface area contributed by atoms with Crippen molar-refractivity contribution in [2.75, 3.05) is 12.9 Å². The summed E-state index contributed by atoms with van der Waals surface area (Å²) in [6.45, 7) is -0.130. The lowest BCUT2D eigenvalue weighted by atomic mass is 10.2. The van der Waals surface area contributed by atoms with E-state index in [1.54, 1.807) is 7.11 Å². The Hall–Kier alpha value is -3.27. The summed E-state index contributed by atoms with van der Waals surface area (Å²) >= 11 is 1.36. The molecule has 0 unspecified atom stereocenters. The zero-order valence-electron chi connectivity index (χ0n) is 15.6. The molecule has 1 amide bonds. The summed E-state index contributed by atoms with van der Waals surface area (Å²) in [4.78, 5) is 33.3. The Morgan fingerprint density at radius 2 is 1.76 bits per heavy atom. The topological polar surface area (TPSA) is 128 Å². The highest BCUT2D eigenvalue weighted by atomic mass is 32.2. The lowest BCUT2D eigenvalue weighted by Crippen LogP contribution is -2.42. The molecule has 2 N–H and O–H groups in total. The molecule has 0 radical (unpaired) electrons. The smallest absolute Gasteiger partial charge is 0.408 e. The number of methoxy groups -OCH3 is 1. The van der Waals surface area contributed by atoms with Crippen LogP contribution < -0.4 is 10.1 Å². The number of alkyl carbamates (subject to hydrolysis) is 1. The number of ether oxygens (including phenoxy) is 2. The number of thioether (sulfide) groups is 1. The van der Waals surface area contributed by atoms with Crippen molar-refractivity contribution in [3.05, 3.63) is 69.8 Å². The average molecular weight is 420 g/mol. The quantitative estimate of drug-likeness (QED) is 0.443. The highest BCUT2D eigenvalue weighted by Gasteiger charge is 2.20.